The van der Waals surface area contributed by atoms with Gasteiger partial charge in [0.25, 0.3) is 0 Å². The van der Waals surface area contributed by atoms with E-state index in [1.165, 1.54) is 12.8 Å². The molecular formula is C15H23N3O2S. The average Bonchev–Trinajstić information content (AvgIpc) is 3.27. The van der Waals surface area contributed by atoms with Gasteiger partial charge in [-0.25, -0.2) is 13.1 Å². The minimum absolute atomic E-state index is 0.0204. The lowest BCUT2D eigenvalue weighted by molar-refractivity contribution is 0.291. The molecular weight excluding hydrogens is 286 g/mol. The number of benzene rings is 1. The van der Waals surface area contributed by atoms with Crippen molar-refractivity contribution in [2.75, 3.05) is 24.5 Å². The van der Waals surface area contributed by atoms with Crippen molar-refractivity contribution in [3.8, 4) is 0 Å². The van der Waals surface area contributed by atoms with Crippen molar-refractivity contribution < 1.29 is 8.42 Å². The molecule has 6 heteroatoms. The molecule has 2 aliphatic rings. The summed E-state index contributed by atoms with van der Waals surface area (Å²) in [7, 11) is -3.37. The number of hydrogen-bond donors (Lipinski definition) is 2. The van der Waals surface area contributed by atoms with Crippen molar-refractivity contribution in [2.24, 2.45) is 11.7 Å². The zero-order chi connectivity index (χ0) is 15.1. The molecule has 0 unspecified atom stereocenters. The molecule has 2 fully saturated rings. The summed E-state index contributed by atoms with van der Waals surface area (Å²) < 4.78 is 26.6. The molecule has 1 saturated heterocycles. The number of hydrogen-bond acceptors (Lipinski definition) is 4. The predicted octanol–water partition coefficient (Wildman–Crippen LogP) is 1.30. The summed E-state index contributed by atoms with van der Waals surface area (Å²) in [5.41, 5.74) is 7.37. The van der Waals surface area contributed by atoms with Crippen molar-refractivity contribution in [1.29, 1.82) is 0 Å². The Balaban J connectivity index is 1.65. The summed E-state index contributed by atoms with van der Waals surface area (Å²) in [6.07, 6.45) is 3.29. The van der Waals surface area contributed by atoms with Crippen LogP contribution in [-0.2, 0) is 10.0 Å². The Kier molecular flexibility index (Phi) is 3.71. The molecule has 3 N–H and O–H groups in total. The molecule has 1 heterocycles. The minimum Gasteiger partial charge on any atom is -0.368 e. The summed E-state index contributed by atoms with van der Waals surface area (Å²) in [5, 5.41) is 0. The van der Waals surface area contributed by atoms with Gasteiger partial charge in [0.15, 0.2) is 0 Å². The van der Waals surface area contributed by atoms with Gasteiger partial charge in [0, 0.05) is 25.3 Å². The van der Waals surface area contributed by atoms with Crippen LogP contribution in [0.1, 0.15) is 26.2 Å². The molecule has 1 aromatic rings. The van der Waals surface area contributed by atoms with Crippen LogP contribution in [0.4, 0.5) is 5.69 Å². The number of nitrogens with zero attached hydrogens (tertiary/aromatic N) is 1. The molecule has 0 bridgehead atoms. The Bertz CT molecular complexity index is 602. The third-order valence-corrected chi connectivity index (χ3v) is 5.89. The summed E-state index contributed by atoms with van der Waals surface area (Å²) in [6, 6.07) is 7.07. The average molecular weight is 309 g/mol. The van der Waals surface area contributed by atoms with Gasteiger partial charge < -0.3 is 10.6 Å². The monoisotopic (exact) mass is 309 g/mol. The first-order valence-electron chi connectivity index (χ1n) is 7.58. The highest BCUT2D eigenvalue weighted by Gasteiger charge is 2.50. The number of nitrogens with one attached hydrogen (secondary N) is 1. The van der Waals surface area contributed by atoms with Gasteiger partial charge in [-0.05, 0) is 49.4 Å². The first kappa shape index (κ1) is 14.8. The molecule has 21 heavy (non-hydrogen) atoms. The molecule has 5 nitrogen and oxygen atoms in total. The lowest BCUT2D eigenvalue weighted by Gasteiger charge is -2.49. The van der Waals surface area contributed by atoms with Gasteiger partial charge in [-0.15, -0.1) is 0 Å². The maximum absolute atomic E-state index is 12.0. The molecule has 116 valence electrons. The van der Waals surface area contributed by atoms with Crippen molar-refractivity contribution in [3.63, 3.8) is 0 Å². The van der Waals surface area contributed by atoms with Gasteiger partial charge in [0.05, 0.1) is 10.4 Å². The quantitative estimate of drug-likeness (QED) is 0.830. The molecule has 0 spiro atoms. The first-order valence-corrected chi connectivity index (χ1v) is 9.06. The Morgan fingerprint density at radius 2 is 1.90 bits per heavy atom. The molecule has 0 atom stereocenters. The molecule has 1 aliphatic carbocycles. The fraction of sp³-hybridized carbons (Fsp3) is 0.600. The minimum atomic E-state index is -3.37. The van der Waals surface area contributed by atoms with E-state index in [1.54, 1.807) is 12.1 Å². The zero-order valence-corrected chi connectivity index (χ0v) is 13.2. The van der Waals surface area contributed by atoms with Gasteiger partial charge in [0.1, 0.15) is 0 Å². The van der Waals surface area contributed by atoms with Crippen LogP contribution in [0.25, 0.3) is 0 Å². The summed E-state index contributed by atoms with van der Waals surface area (Å²) in [4.78, 5) is 2.54. The molecule has 1 aliphatic heterocycles. The third-order valence-electron chi connectivity index (χ3n) is 4.42. The van der Waals surface area contributed by atoms with Crippen LogP contribution in [0.15, 0.2) is 29.2 Å². The molecule has 0 amide bonds. The van der Waals surface area contributed by atoms with E-state index in [-0.39, 0.29) is 5.54 Å². The lowest BCUT2D eigenvalue weighted by Crippen LogP contribution is -2.69. The van der Waals surface area contributed by atoms with Crippen molar-refractivity contribution >= 4 is 15.7 Å². The van der Waals surface area contributed by atoms with E-state index in [2.05, 4.69) is 9.62 Å². The molecule has 3 rings (SSSR count). The maximum Gasteiger partial charge on any atom is 0.240 e. The van der Waals surface area contributed by atoms with Gasteiger partial charge >= 0.3 is 0 Å². The molecule has 0 radical (unpaired) electrons. The topological polar surface area (TPSA) is 75.4 Å². The highest BCUT2D eigenvalue weighted by Crippen LogP contribution is 2.44. The number of sulfonamides is 1. The summed E-state index contributed by atoms with van der Waals surface area (Å²) >= 11 is 0. The van der Waals surface area contributed by atoms with Crippen LogP contribution in [0.5, 0.6) is 0 Å². The van der Waals surface area contributed by atoms with E-state index in [0.29, 0.717) is 17.4 Å². The standard InChI is InChI=1S/C15H23N3O2S/c1-2-9-17-21(19,20)14-7-5-13(6-8-14)18-10-15(16,11-18)12-3-4-12/h5-8,12,17H,2-4,9-11,16H2,1H3. The van der Waals surface area contributed by atoms with Gasteiger partial charge in [-0.1, -0.05) is 6.92 Å². The highest BCUT2D eigenvalue weighted by atomic mass is 32.2. The fourth-order valence-electron chi connectivity index (χ4n) is 2.92. The van der Waals surface area contributed by atoms with Gasteiger partial charge in [-0.2, -0.15) is 0 Å². The van der Waals surface area contributed by atoms with Crippen molar-refractivity contribution in [1.82, 2.24) is 4.72 Å². The third kappa shape index (κ3) is 2.93. The van der Waals surface area contributed by atoms with E-state index in [9.17, 15) is 8.42 Å². The van der Waals surface area contributed by atoms with Crippen LogP contribution in [-0.4, -0.2) is 33.6 Å². The maximum atomic E-state index is 12.0. The second kappa shape index (κ2) is 5.26. The van der Waals surface area contributed by atoms with E-state index >= 15 is 0 Å². The molecule has 0 aromatic heterocycles. The fourth-order valence-corrected chi connectivity index (χ4v) is 4.05. The number of nitrogens with two attached hydrogens (primary N) is 1. The number of anilines is 1. The second-order valence-electron chi connectivity index (χ2n) is 6.26. The Morgan fingerprint density at radius 1 is 1.29 bits per heavy atom. The summed E-state index contributed by atoms with van der Waals surface area (Å²) in [5.74, 6) is 0.687. The largest absolute Gasteiger partial charge is 0.368 e. The van der Waals surface area contributed by atoms with Crippen LogP contribution in [0.3, 0.4) is 0 Å². The zero-order valence-electron chi connectivity index (χ0n) is 12.4. The predicted molar refractivity (Wildman–Crippen MR) is 83.8 cm³/mol. The van der Waals surface area contributed by atoms with E-state index in [0.717, 1.165) is 25.2 Å². The lowest BCUT2D eigenvalue weighted by atomic mass is 9.85. The van der Waals surface area contributed by atoms with Gasteiger partial charge in [0.2, 0.25) is 10.0 Å². The van der Waals surface area contributed by atoms with Crippen LogP contribution >= 0.6 is 0 Å². The second-order valence-corrected chi connectivity index (χ2v) is 8.02. The Morgan fingerprint density at radius 3 is 2.43 bits per heavy atom. The van der Waals surface area contributed by atoms with E-state index < -0.39 is 10.0 Å². The van der Waals surface area contributed by atoms with E-state index in [1.807, 2.05) is 19.1 Å². The van der Waals surface area contributed by atoms with Crippen molar-refractivity contribution in [2.45, 2.75) is 36.6 Å². The smallest absolute Gasteiger partial charge is 0.240 e. The highest BCUT2D eigenvalue weighted by molar-refractivity contribution is 7.89. The van der Waals surface area contributed by atoms with Crippen LogP contribution < -0.4 is 15.4 Å². The van der Waals surface area contributed by atoms with Gasteiger partial charge in [-0.3, -0.25) is 0 Å². The first-order chi connectivity index (χ1) is 9.94. The summed E-state index contributed by atoms with van der Waals surface area (Å²) in [6.45, 7) is 4.15. The normalized spacial score (nSPS) is 21.1. The molecule has 1 saturated carbocycles. The molecule has 1 aromatic carbocycles. The Hall–Kier alpha value is -1.11. The number of rotatable bonds is 6. The van der Waals surface area contributed by atoms with E-state index in [4.69, 9.17) is 5.73 Å². The van der Waals surface area contributed by atoms with Crippen LogP contribution in [0.2, 0.25) is 0 Å². The SMILES string of the molecule is CCCNS(=O)(=O)c1ccc(N2CC(N)(C3CC3)C2)cc1. The van der Waals surface area contributed by atoms with Crippen LogP contribution in [0, 0.1) is 5.92 Å². The Labute approximate surface area is 126 Å². The van der Waals surface area contributed by atoms with Crippen molar-refractivity contribution in [3.05, 3.63) is 24.3 Å².